The largest absolute Gasteiger partial charge is 0.756 e. The van der Waals surface area contributed by atoms with E-state index in [-0.39, 0.29) is 13.2 Å². The van der Waals surface area contributed by atoms with E-state index in [1.165, 1.54) is 99.0 Å². The summed E-state index contributed by atoms with van der Waals surface area (Å²) < 4.78 is 29.2. The Morgan fingerprint density at radius 3 is 1.80 bits per heavy atom. The Balaban J connectivity index is 2.09. The molecule has 0 N–H and O–H groups in total. The number of quaternary nitrogens is 1. The van der Waals surface area contributed by atoms with Crippen molar-refractivity contribution in [1.82, 2.24) is 0 Å². The number of nitrogens with zero attached hydrogens (tertiary/aromatic N) is 1. The maximum atomic E-state index is 11.8. The molecule has 0 aliphatic carbocycles. The first kappa shape index (κ1) is 38.0. The van der Waals surface area contributed by atoms with Gasteiger partial charge < -0.3 is 23.2 Å². The summed E-state index contributed by atoms with van der Waals surface area (Å²) >= 11 is 2.40. The molecule has 0 bridgehead atoms. The fraction of sp³-hybridized carbons (Fsp3) is 0.812. The zero-order chi connectivity index (χ0) is 29.5. The van der Waals surface area contributed by atoms with Gasteiger partial charge in [-0.05, 0) is 71.9 Å². The molecule has 0 spiro atoms. The molecule has 0 fully saturated rings. The van der Waals surface area contributed by atoms with Gasteiger partial charge in [0, 0.05) is 16.8 Å². The van der Waals surface area contributed by atoms with Crippen LogP contribution in [0.3, 0.4) is 0 Å². The van der Waals surface area contributed by atoms with Gasteiger partial charge in [0.2, 0.25) is 0 Å². The van der Waals surface area contributed by atoms with Crippen molar-refractivity contribution in [2.24, 2.45) is 0 Å². The second-order valence-corrected chi connectivity index (χ2v) is 14.8. The zero-order valence-corrected chi connectivity index (χ0v) is 29.1. The topological polar surface area (TPSA) is 67.8 Å². The minimum atomic E-state index is -4.22. The summed E-state index contributed by atoms with van der Waals surface area (Å²) in [7, 11) is 1.74. The fourth-order valence-corrected chi connectivity index (χ4v) is 5.86. The van der Waals surface area contributed by atoms with Gasteiger partial charge in [0.15, 0.2) is 0 Å². The summed E-state index contributed by atoms with van der Waals surface area (Å²) in [5.74, 6) is 0.690. The lowest BCUT2D eigenvalue weighted by molar-refractivity contribution is -0.870. The van der Waals surface area contributed by atoms with Gasteiger partial charge in [-0.3, -0.25) is 4.57 Å². The Hall–Kier alpha value is -0.0200. The van der Waals surface area contributed by atoms with Crippen LogP contribution < -0.4 is 4.89 Å². The van der Waals surface area contributed by atoms with Crippen LogP contribution in [0.1, 0.15) is 121 Å². The highest BCUT2D eigenvalue weighted by molar-refractivity contribution is 14.1. The summed E-state index contributed by atoms with van der Waals surface area (Å²) in [6, 6.07) is 9.19. The van der Waals surface area contributed by atoms with Crippen molar-refractivity contribution in [3.8, 4) is 0 Å². The average Bonchev–Trinajstić information content (AvgIpc) is 2.89. The lowest BCUT2D eigenvalue weighted by atomic mass is 9.88. The Morgan fingerprint density at radius 1 is 0.725 bits per heavy atom. The Morgan fingerprint density at radius 2 is 1.23 bits per heavy atom. The molecule has 0 amide bonds. The third-order valence-corrected chi connectivity index (χ3v) is 9.00. The smallest absolute Gasteiger partial charge is 0.268 e. The molecule has 1 aromatic rings. The van der Waals surface area contributed by atoms with Gasteiger partial charge >= 0.3 is 0 Å². The highest BCUT2D eigenvalue weighted by Gasteiger charge is 2.13. The van der Waals surface area contributed by atoms with Crippen LogP contribution in [-0.2, 0) is 18.3 Å². The van der Waals surface area contributed by atoms with E-state index in [0.717, 1.165) is 13.0 Å². The summed E-state index contributed by atoms with van der Waals surface area (Å²) in [6.07, 6.45) is 20.2. The SMILES string of the molecule is CCCCCCCCCCC(CCCCCCCOCCCOP(=O)([O-])OCC[N+](C)(C)C)c1ccc(I)cc1. The minimum Gasteiger partial charge on any atom is -0.756 e. The zero-order valence-electron chi connectivity index (χ0n) is 26.0. The van der Waals surface area contributed by atoms with Crippen LogP contribution >= 0.6 is 30.4 Å². The normalized spacial score (nSPS) is 14.3. The van der Waals surface area contributed by atoms with Gasteiger partial charge in [-0.2, -0.15) is 0 Å². The van der Waals surface area contributed by atoms with Crippen molar-refractivity contribution >= 4 is 30.4 Å². The Bertz CT molecular complexity index is 772. The molecule has 6 nitrogen and oxygen atoms in total. The number of benzene rings is 1. The van der Waals surface area contributed by atoms with E-state index in [0.29, 0.717) is 30.0 Å². The number of unbranched alkanes of at least 4 members (excludes halogenated alkanes) is 11. The molecule has 0 saturated carbocycles. The van der Waals surface area contributed by atoms with Crippen LogP contribution in [0.4, 0.5) is 0 Å². The number of rotatable bonds is 27. The Labute approximate surface area is 260 Å². The van der Waals surface area contributed by atoms with Crippen molar-refractivity contribution in [2.45, 2.75) is 116 Å². The standard InChI is InChI=1S/C32H59INO5P/c1-5-6-7-8-9-10-12-15-19-30(31-21-23-32(33)24-22-31)20-16-13-11-14-17-26-37-27-18-28-38-40(35,36)39-29-25-34(2,3)4/h21-24,30H,5-20,25-29H2,1-4H3. The first-order valence-electron chi connectivity index (χ1n) is 15.9. The molecule has 0 heterocycles. The van der Waals surface area contributed by atoms with E-state index in [4.69, 9.17) is 13.8 Å². The van der Waals surface area contributed by atoms with Gasteiger partial charge in [0.25, 0.3) is 7.82 Å². The van der Waals surface area contributed by atoms with Gasteiger partial charge in [-0.15, -0.1) is 0 Å². The summed E-state index contributed by atoms with van der Waals surface area (Å²) in [5, 5.41) is 0. The van der Waals surface area contributed by atoms with Crippen molar-refractivity contribution in [3.63, 3.8) is 0 Å². The number of phosphoric acid groups is 1. The monoisotopic (exact) mass is 695 g/mol. The van der Waals surface area contributed by atoms with Crippen LogP contribution in [0.2, 0.25) is 0 Å². The lowest BCUT2D eigenvalue weighted by Crippen LogP contribution is -2.37. The van der Waals surface area contributed by atoms with E-state index >= 15 is 0 Å². The van der Waals surface area contributed by atoms with Crippen molar-refractivity contribution in [3.05, 3.63) is 33.4 Å². The van der Waals surface area contributed by atoms with Crippen LogP contribution in [0.5, 0.6) is 0 Å². The second-order valence-electron chi connectivity index (χ2n) is 12.2. The molecular weight excluding hydrogens is 636 g/mol. The molecule has 8 heteroatoms. The molecule has 234 valence electrons. The molecule has 0 aromatic heterocycles. The van der Waals surface area contributed by atoms with E-state index in [1.54, 1.807) is 0 Å². The van der Waals surface area contributed by atoms with Crippen LogP contribution in [0, 0.1) is 3.57 Å². The summed E-state index contributed by atoms with van der Waals surface area (Å²) in [6.45, 7) is 4.35. The van der Waals surface area contributed by atoms with E-state index < -0.39 is 7.82 Å². The third kappa shape index (κ3) is 22.6. The molecule has 2 unspecified atom stereocenters. The van der Waals surface area contributed by atoms with Crippen molar-refractivity contribution < 1.29 is 27.7 Å². The van der Waals surface area contributed by atoms with Crippen molar-refractivity contribution in [1.29, 1.82) is 0 Å². The molecular formula is C32H59INO5P. The average molecular weight is 696 g/mol. The number of hydrogen-bond donors (Lipinski definition) is 0. The molecule has 0 radical (unpaired) electrons. The highest BCUT2D eigenvalue weighted by atomic mass is 127. The molecule has 40 heavy (non-hydrogen) atoms. The number of likely N-dealkylation sites (N-methyl/N-ethyl adjacent to an activating group) is 1. The second kappa shape index (κ2) is 23.4. The highest BCUT2D eigenvalue weighted by Crippen LogP contribution is 2.38. The molecule has 2 atom stereocenters. The van der Waals surface area contributed by atoms with E-state index in [1.807, 2.05) is 21.1 Å². The summed E-state index contributed by atoms with van der Waals surface area (Å²) in [5.41, 5.74) is 1.52. The molecule has 0 saturated heterocycles. The van der Waals surface area contributed by atoms with Crippen LogP contribution in [-0.4, -0.2) is 58.6 Å². The first-order valence-corrected chi connectivity index (χ1v) is 18.4. The van der Waals surface area contributed by atoms with Crippen LogP contribution in [0.15, 0.2) is 24.3 Å². The molecule has 0 aliphatic rings. The number of halogens is 1. The Kier molecular flexibility index (Phi) is 22.3. The molecule has 1 aromatic carbocycles. The summed E-state index contributed by atoms with van der Waals surface area (Å²) in [4.78, 5) is 11.8. The van der Waals surface area contributed by atoms with E-state index in [9.17, 15) is 9.46 Å². The van der Waals surface area contributed by atoms with Gasteiger partial charge in [0.05, 0.1) is 27.7 Å². The van der Waals surface area contributed by atoms with E-state index in [2.05, 4.69) is 53.8 Å². The maximum absolute atomic E-state index is 11.8. The number of ether oxygens (including phenoxy) is 1. The van der Waals surface area contributed by atoms with Gasteiger partial charge in [-0.25, -0.2) is 0 Å². The lowest BCUT2D eigenvalue weighted by Gasteiger charge is -2.27. The van der Waals surface area contributed by atoms with Gasteiger partial charge in [-0.1, -0.05) is 96.1 Å². The first-order chi connectivity index (χ1) is 19.1. The van der Waals surface area contributed by atoms with Gasteiger partial charge in [0.1, 0.15) is 13.2 Å². The molecule has 1 rings (SSSR count). The van der Waals surface area contributed by atoms with Crippen LogP contribution in [0.25, 0.3) is 0 Å². The quantitative estimate of drug-likeness (QED) is 0.0398. The fourth-order valence-electron chi connectivity index (χ4n) is 4.77. The number of hydrogen-bond acceptors (Lipinski definition) is 5. The predicted molar refractivity (Wildman–Crippen MR) is 175 cm³/mol. The molecule has 0 aliphatic heterocycles. The maximum Gasteiger partial charge on any atom is 0.268 e. The number of phosphoric ester groups is 1. The van der Waals surface area contributed by atoms with Crippen molar-refractivity contribution in [2.75, 3.05) is 54.1 Å². The third-order valence-electron chi connectivity index (χ3n) is 7.28. The minimum absolute atomic E-state index is 0.103. The predicted octanol–water partition coefficient (Wildman–Crippen LogP) is 8.86.